The minimum absolute atomic E-state index is 0.0461. The van der Waals surface area contributed by atoms with E-state index in [4.69, 9.17) is 10.5 Å². The summed E-state index contributed by atoms with van der Waals surface area (Å²) in [5, 5.41) is 2.82. The monoisotopic (exact) mass is 256 g/mol. The third-order valence-corrected chi connectivity index (χ3v) is 2.84. The van der Waals surface area contributed by atoms with Gasteiger partial charge in [0, 0.05) is 24.4 Å². The lowest BCUT2D eigenvalue weighted by Crippen LogP contribution is -2.18. The van der Waals surface area contributed by atoms with Crippen LogP contribution in [0.1, 0.15) is 12.0 Å². The van der Waals surface area contributed by atoms with Crippen LogP contribution in [0.2, 0.25) is 0 Å². The van der Waals surface area contributed by atoms with Crippen molar-refractivity contribution in [2.45, 2.75) is 12.8 Å². The van der Waals surface area contributed by atoms with E-state index in [9.17, 15) is 4.79 Å². The molecule has 0 saturated heterocycles. The minimum Gasteiger partial charge on any atom is -0.439 e. The van der Waals surface area contributed by atoms with E-state index < -0.39 is 0 Å². The molecule has 0 saturated carbocycles. The van der Waals surface area contributed by atoms with Crippen LogP contribution in [0.3, 0.4) is 0 Å². The molecule has 0 bridgehead atoms. The fourth-order valence-electron chi connectivity index (χ4n) is 1.96. The maximum absolute atomic E-state index is 11.3. The van der Waals surface area contributed by atoms with Crippen LogP contribution in [0.5, 0.6) is 11.6 Å². The summed E-state index contributed by atoms with van der Waals surface area (Å²) < 4.78 is 5.61. The number of fused-ring (bicyclic) bond motifs is 1. The van der Waals surface area contributed by atoms with Crippen LogP contribution in [-0.2, 0) is 11.2 Å². The molecule has 1 amide bonds. The zero-order valence-electron chi connectivity index (χ0n) is 10.1. The number of benzene rings is 1. The highest BCUT2D eigenvalue weighted by molar-refractivity contribution is 5.94. The first kappa shape index (κ1) is 11.5. The largest absolute Gasteiger partial charge is 0.439 e. The Morgan fingerprint density at radius 2 is 2.16 bits per heavy atom. The maximum atomic E-state index is 11.3. The van der Waals surface area contributed by atoms with Crippen LogP contribution in [0.4, 0.5) is 11.6 Å². The standard InChI is InChI=1S/C13H12N4O2/c14-13-15-6-5-12(17-13)19-9-2-3-10-8(7-9)1-4-11(18)16-10/h2-3,5-7H,1,4H2,(H,16,18)(H2,14,15,17). The Balaban J connectivity index is 1.85. The maximum Gasteiger partial charge on any atom is 0.224 e. The quantitative estimate of drug-likeness (QED) is 0.854. The molecule has 0 radical (unpaired) electrons. The number of carbonyl (C=O) groups is 1. The lowest BCUT2D eigenvalue weighted by molar-refractivity contribution is -0.116. The summed E-state index contributed by atoms with van der Waals surface area (Å²) in [6, 6.07) is 7.14. The van der Waals surface area contributed by atoms with Crippen LogP contribution in [0.15, 0.2) is 30.5 Å². The molecular weight excluding hydrogens is 244 g/mol. The number of anilines is 2. The van der Waals surface area contributed by atoms with Gasteiger partial charge in [-0.2, -0.15) is 4.98 Å². The number of hydrogen-bond acceptors (Lipinski definition) is 5. The number of amides is 1. The zero-order valence-corrected chi connectivity index (χ0v) is 10.1. The van der Waals surface area contributed by atoms with Crippen molar-refractivity contribution in [3.05, 3.63) is 36.0 Å². The molecule has 0 aliphatic carbocycles. The first-order valence-corrected chi connectivity index (χ1v) is 5.90. The molecule has 0 unspecified atom stereocenters. The summed E-state index contributed by atoms with van der Waals surface area (Å²) in [6.45, 7) is 0. The molecule has 0 spiro atoms. The van der Waals surface area contributed by atoms with Crippen molar-refractivity contribution in [2.24, 2.45) is 0 Å². The van der Waals surface area contributed by atoms with Gasteiger partial charge < -0.3 is 15.8 Å². The van der Waals surface area contributed by atoms with Gasteiger partial charge in [0.05, 0.1) is 0 Å². The first-order valence-electron chi connectivity index (χ1n) is 5.90. The van der Waals surface area contributed by atoms with Crippen LogP contribution >= 0.6 is 0 Å². The Labute approximate surface area is 109 Å². The van der Waals surface area contributed by atoms with Crippen molar-refractivity contribution < 1.29 is 9.53 Å². The predicted octanol–water partition coefficient (Wildman–Crippen LogP) is 1.74. The summed E-state index contributed by atoms with van der Waals surface area (Å²) in [7, 11) is 0. The SMILES string of the molecule is Nc1nccc(Oc2ccc3c(c2)CCC(=O)N3)n1. The number of nitrogens with one attached hydrogen (secondary N) is 1. The van der Waals surface area contributed by atoms with Gasteiger partial charge in [-0.05, 0) is 30.2 Å². The number of nitrogens with two attached hydrogens (primary N) is 1. The smallest absolute Gasteiger partial charge is 0.224 e. The number of aryl methyl sites for hydroxylation is 1. The number of rotatable bonds is 2. The molecule has 3 rings (SSSR count). The van der Waals surface area contributed by atoms with Gasteiger partial charge in [-0.3, -0.25) is 4.79 Å². The van der Waals surface area contributed by atoms with E-state index in [2.05, 4.69) is 15.3 Å². The predicted molar refractivity (Wildman–Crippen MR) is 69.9 cm³/mol. The molecule has 6 heteroatoms. The molecule has 1 aliphatic heterocycles. The highest BCUT2D eigenvalue weighted by Crippen LogP contribution is 2.28. The Morgan fingerprint density at radius 3 is 3.00 bits per heavy atom. The van der Waals surface area contributed by atoms with E-state index in [-0.39, 0.29) is 11.9 Å². The molecule has 0 fully saturated rings. The molecule has 1 aromatic carbocycles. The lowest BCUT2D eigenvalue weighted by Gasteiger charge is -2.17. The molecule has 96 valence electrons. The number of ether oxygens (including phenoxy) is 1. The van der Waals surface area contributed by atoms with Gasteiger partial charge in [0.25, 0.3) is 0 Å². The highest BCUT2D eigenvalue weighted by Gasteiger charge is 2.15. The average Bonchev–Trinajstić information content (AvgIpc) is 2.39. The number of aromatic nitrogens is 2. The Kier molecular flexibility index (Phi) is 2.75. The van der Waals surface area contributed by atoms with Gasteiger partial charge >= 0.3 is 0 Å². The van der Waals surface area contributed by atoms with Gasteiger partial charge in [-0.15, -0.1) is 0 Å². The van der Waals surface area contributed by atoms with Gasteiger partial charge in [-0.25, -0.2) is 4.98 Å². The molecule has 1 aromatic heterocycles. The third-order valence-electron chi connectivity index (χ3n) is 2.84. The summed E-state index contributed by atoms with van der Waals surface area (Å²) >= 11 is 0. The molecule has 19 heavy (non-hydrogen) atoms. The average molecular weight is 256 g/mol. The second-order valence-electron chi connectivity index (χ2n) is 4.22. The van der Waals surface area contributed by atoms with E-state index in [1.54, 1.807) is 12.1 Å². The Morgan fingerprint density at radius 1 is 1.26 bits per heavy atom. The van der Waals surface area contributed by atoms with Crippen molar-refractivity contribution in [3.63, 3.8) is 0 Å². The van der Waals surface area contributed by atoms with Crippen molar-refractivity contribution in [2.75, 3.05) is 11.1 Å². The highest BCUT2D eigenvalue weighted by atomic mass is 16.5. The number of carbonyl (C=O) groups excluding carboxylic acids is 1. The van der Waals surface area contributed by atoms with Crippen molar-refractivity contribution >= 4 is 17.5 Å². The molecule has 3 N–H and O–H groups in total. The van der Waals surface area contributed by atoms with Gasteiger partial charge in [0.15, 0.2) is 0 Å². The topological polar surface area (TPSA) is 90.1 Å². The summed E-state index contributed by atoms with van der Waals surface area (Å²) in [4.78, 5) is 19.0. The Bertz CT molecular complexity index is 642. The molecular formula is C13H12N4O2. The molecule has 2 aromatic rings. The normalized spacial score (nSPS) is 13.6. The van der Waals surface area contributed by atoms with E-state index >= 15 is 0 Å². The van der Waals surface area contributed by atoms with Crippen molar-refractivity contribution in [1.82, 2.24) is 9.97 Å². The first-order chi connectivity index (χ1) is 9.20. The number of hydrogen-bond donors (Lipinski definition) is 2. The van der Waals surface area contributed by atoms with Crippen LogP contribution in [0, 0.1) is 0 Å². The van der Waals surface area contributed by atoms with E-state index in [1.807, 2.05) is 12.1 Å². The molecule has 1 aliphatic rings. The van der Waals surface area contributed by atoms with Crippen molar-refractivity contribution in [1.29, 1.82) is 0 Å². The number of nitrogens with zero attached hydrogens (tertiary/aromatic N) is 2. The molecule has 2 heterocycles. The van der Waals surface area contributed by atoms with Crippen molar-refractivity contribution in [3.8, 4) is 11.6 Å². The van der Waals surface area contributed by atoms with Crippen LogP contribution < -0.4 is 15.8 Å². The minimum atomic E-state index is 0.0461. The van der Waals surface area contributed by atoms with Crippen LogP contribution in [0.25, 0.3) is 0 Å². The molecule has 6 nitrogen and oxygen atoms in total. The van der Waals surface area contributed by atoms with E-state index in [0.717, 1.165) is 11.3 Å². The second kappa shape index (κ2) is 4.56. The van der Waals surface area contributed by atoms with Gasteiger partial charge in [0.1, 0.15) is 5.75 Å². The Hall–Kier alpha value is -2.63. The molecule has 0 atom stereocenters. The van der Waals surface area contributed by atoms with Gasteiger partial charge in [0.2, 0.25) is 17.7 Å². The van der Waals surface area contributed by atoms with Crippen LogP contribution in [-0.4, -0.2) is 15.9 Å². The third kappa shape index (κ3) is 2.47. The summed E-state index contributed by atoms with van der Waals surface area (Å²) in [5.41, 5.74) is 7.38. The summed E-state index contributed by atoms with van der Waals surface area (Å²) in [6.07, 6.45) is 2.75. The zero-order chi connectivity index (χ0) is 13.2. The fraction of sp³-hybridized carbons (Fsp3) is 0.154. The summed E-state index contributed by atoms with van der Waals surface area (Å²) in [5.74, 6) is 1.27. The lowest BCUT2D eigenvalue weighted by atomic mass is 10.0. The van der Waals surface area contributed by atoms with E-state index in [0.29, 0.717) is 24.5 Å². The second-order valence-corrected chi connectivity index (χ2v) is 4.22. The van der Waals surface area contributed by atoms with E-state index in [1.165, 1.54) is 6.20 Å². The number of nitrogen functional groups attached to an aromatic ring is 1. The fourth-order valence-corrected chi connectivity index (χ4v) is 1.96. The van der Waals surface area contributed by atoms with Gasteiger partial charge in [-0.1, -0.05) is 0 Å².